The molecule has 0 spiro atoms. The van der Waals surface area contributed by atoms with Gasteiger partial charge in [0.05, 0.1) is 18.2 Å². The van der Waals surface area contributed by atoms with Crippen LogP contribution < -0.4 is 5.32 Å². The minimum atomic E-state index is -0.231. The van der Waals surface area contributed by atoms with Crippen LogP contribution in [0.15, 0.2) is 11.8 Å². The van der Waals surface area contributed by atoms with Gasteiger partial charge in [-0.15, -0.1) is 0 Å². The first-order valence-electron chi connectivity index (χ1n) is 5.73. The number of ether oxygens (including phenoxy) is 2. The van der Waals surface area contributed by atoms with Gasteiger partial charge in [0.1, 0.15) is 5.76 Å². The predicted octanol–water partition coefficient (Wildman–Crippen LogP) is 2.08. The van der Waals surface area contributed by atoms with Crippen LogP contribution in [-0.2, 0) is 9.47 Å². The Morgan fingerprint density at radius 3 is 2.80 bits per heavy atom. The van der Waals surface area contributed by atoms with Crippen LogP contribution in [0.1, 0.15) is 33.6 Å². The maximum atomic E-state index is 5.62. The highest BCUT2D eigenvalue weighted by Gasteiger charge is 2.34. The molecule has 88 valence electrons. The summed E-state index contributed by atoms with van der Waals surface area (Å²) < 4.78 is 11.1. The highest BCUT2D eigenvalue weighted by Crippen LogP contribution is 2.24. The van der Waals surface area contributed by atoms with Crippen molar-refractivity contribution in [3.05, 3.63) is 11.8 Å². The van der Waals surface area contributed by atoms with E-state index < -0.39 is 0 Å². The van der Waals surface area contributed by atoms with Crippen molar-refractivity contribution in [3.63, 3.8) is 0 Å². The lowest BCUT2D eigenvalue weighted by Crippen LogP contribution is -2.49. The second-order valence-corrected chi connectivity index (χ2v) is 4.44. The smallest absolute Gasteiger partial charge is 0.112 e. The molecule has 15 heavy (non-hydrogen) atoms. The number of rotatable bonds is 6. The summed E-state index contributed by atoms with van der Waals surface area (Å²) >= 11 is 0. The fraction of sp³-hybridized carbons (Fsp3) is 0.833. The van der Waals surface area contributed by atoms with E-state index in [1.807, 2.05) is 0 Å². The van der Waals surface area contributed by atoms with E-state index >= 15 is 0 Å². The van der Waals surface area contributed by atoms with Crippen LogP contribution in [0.25, 0.3) is 0 Å². The Kier molecular flexibility index (Phi) is 4.61. The molecule has 0 bridgehead atoms. The minimum absolute atomic E-state index is 0.157. The molecule has 3 nitrogen and oxygen atoms in total. The van der Waals surface area contributed by atoms with Crippen molar-refractivity contribution in [2.24, 2.45) is 0 Å². The monoisotopic (exact) mass is 213 g/mol. The quantitative estimate of drug-likeness (QED) is 0.733. The summed E-state index contributed by atoms with van der Waals surface area (Å²) in [7, 11) is 1.75. The molecule has 1 heterocycles. The molecule has 0 aromatic carbocycles. The second kappa shape index (κ2) is 5.52. The van der Waals surface area contributed by atoms with Crippen molar-refractivity contribution in [1.82, 2.24) is 5.32 Å². The lowest BCUT2D eigenvalue weighted by atomic mass is 9.96. The lowest BCUT2D eigenvalue weighted by molar-refractivity contribution is -0.0139. The molecule has 1 N–H and O–H groups in total. The Morgan fingerprint density at radius 1 is 1.60 bits per heavy atom. The van der Waals surface area contributed by atoms with Gasteiger partial charge in [-0.05, 0) is 32.9 Å². The topological polar surface area (TPSA) is 30.5 Å². The molecule has 0 saturated carbocycles. The van der Waals surface area contributed by atoms with Crippen molar-refractivity contribution < 1.29 is 9.47 Å². The van der Waals surface area contributed by atoms with E-state index in [-0.39, 0.29) is 11.6 Å². The van der Waals surface area contributed by atoms with Gasteiger partial charge >= 0.3 is 0 Å². The Hall–Kier alpha value is -0.540. The zero-order valence-corrected chi connectivity index (χ0v) is 10.3. The van der Waals surface area contributed by atoms with Crippen LogP contribution in [0.3, 0.4) is 0 Å². The Balaban J connectivity index is 2.68. The van der Waals surface area contributed by atoms with E-state index in [1.165, 1.54) is 0 Å². The fourth-order valence-electron chi connectivity index (χ4n) is 1.73. The maximum absolute atomic E-state index is 5.62. The molecule has 0 aromatic rings. The van der Waals surface area contributed by atoms with Crippen LogP contribution in [0.5, 0.6) is 0 Å². The first-order chi connectivity index (χ1) is 7.11. The van der Waals surface area contributed by atoms with Crippen molar-refractivity contribution >= 4 is 0 Å². The van der Waals surface area contributed by atoms with E-state index in [9.17, 15) is 0 Å². The Bertz CT molecular complexity index is 224. The SMILES string of the molecule is CCCNC(C1=CCCO1)C(C)(C)OC. The van der Waals surface area contributed by atoms with E-state index in [2.05, 4.69) is 32.2 Å². The van der Waals surface area contributed by atoms with E-state index in [0.717, 1.165) is 31.8 Å². The van der Waals surface area contributed by atoms with Gasteiger partial charge in [-0.3, -0.25) is 0 Å². The van der Waals surface area contributed by atoms with E-state index in [4.69, 9.17) is 9.47 Å². The van der Waals surface area contributed by atoms with Crippen LogP contribution in [0.4, 0.5) is 0 Å². The van der Waals surface area contributed by atoms with Gasteiger partial charge in [-0.2, -0.15) is 0 Å². The summed E-state index contributed by atoms with van der Waals surface area (Å²) in [4.78, 5) is 0. The van der Waals surface area contributed by atoms with Crippen molar-refractivity contribution in [3.8, 4) is 0 Å². The summed E-state index contributed by atoms with van der Waals surface area (Å²) in [5.41, 5.74) is -0.231. The molecule has 0 fully saturated rings. The molecular weight excluding hydrogens is 190 g/mol. The molecule has 0 amide bonds. The number of hydrogen-bond acceptors (Lipinski definition) is 3. The van der Waals surface area contributed by atoms with Crippen molar-refractivity contribution in [1.29, 1.82) is 0 Å². The molecule has 0 saturated heterocycles. The zero-order chi connectivity index (χ0) is 11.3. The Labute approximate surface area is 92.8 Å². The van der Waals surface area contributed by atoms with Crippen molar-refractivity contribution in [2.75, 3.05) is 20.3 Å². The molecule has 1 atom stereocenters. The van der Waals surface area contributed by atoms with Gasteiger partial charge < -0.3 is 14.8 Å². The third kappa shape index (κ3) is 3.21. The largest absolute Gasteiger partial charge is 0.496 e. The Morgan fingerprint density at radius 2 is 2.33 bits per heavy atom. The van der Waals surface area contributed by atoms with Crippen LogP contribution in [0.2, 0.25) is 0 Å². The predicted molar refractivity (Wildman–Crippen MR) is 61.8 cm³/mol. The minimum Gasteiger partial charge on any atom is -0.496 e. The third-order valence-corrected chi connectivity index (χ3v) is 2.84. The van der Waals surface area contributed by atoms with E-state index in [1.54, 1.807) is 7.11 Å². The highest BCUT2D eigenvalue weighted by molar-refractivity contribution is 5.12. The lowest BCUT2D eigenvalue weighted by Gasteiger charge is -2.34. The molecule has 3 heteroatoms. The van der Waals surface area contributed by atoms with Gasteiger partial charge in [-0.1, -0.05) is 6.92 Å². The first kappa shape index (κ1) is 12.5. The molecule has 0 aromatic heterocycles. The maximum Gasteiger partial charge on any atom is 0.112 e. The van der Waals surface area contributed by atoms with Gasteiger partial charge in [-0.25, -0.2) is 0 Å². The first-order valence-corrected chi connectivity index (χ1v) is 5.73. The molecule has 0 radical (unpaired) electrons. The normalized spacial score (nSPS) is 18.5. The number of methoxy groups -OCH3 is 1. The summed E-state index contributed by atoms with van der Waals surface area (Å²) in [5, 5.41) is 3.48. The van der Waals surface area contributed by atoms with Gasteiger partial charge in [0.25, 0.3) is 0 Å². The second-order valence-electron chi connectivity index (χ2n) is 4.44. The highest BCUT2D eigenvalue weighted by atomic mass is 16.5. The summed E-state index contributed by atoms with van der Waals surface area (Å²) in [5.74, 6) is 1.04. The molecule has 0 aliphatic carbocycles. The molecular formula is C12H23NO2. The van der Waals surface area contributed by atoms with Gasteiger partial charge in [0.2, 0.25) is 0 Å². The summed E-state index contributed by atoms with van der Waals surface area (Å²) in [6.45, 7) is 8.12. The standard InChI is InChI=1S/C12H23NO2/c1-5-8-13-11(12(2,3)14-4)10-7-6-9-15-10/h7,11,13H,5-6,8-9H2,1-4H3. The average molecular weight is 213 g/mol. The van der Waals surface area contributed by atoms with E-state index in [0.29, 0.717) is 0 Å². The van der Waals surface area contributed by atoms with Crippen LogP contribution in [-0.4, -0.2) is 31.9 Å². The number of nitrogens with one attached hydrogen (secondary N) is 1. The zero-order valence-electron chi connectivity index (χ0n) is 10.3. The average Bonchev–Trinajstić information content (AvgIpc) is 2.71. The van der Waals surface area contributed by atoms with Gasteiger partial charge in [0.15, 0.2) is 0 Å². The number of hydrogen-bond donors (Lipinski definition) is 1. The molecule has 1 unspecified atom stereocenters. The fourth-order valence-corrected chi connectivity index (χ4v) is 1.73. The van der Waals surface area contributed by atoms with Crippen LogP contribution in [0, 0.1) is 0 Å². The third-order valence-electron chi connectivity index (χ3n) is 2.84. The van der Waals surface area contributed by atoms with Gasteiger partial charge in [0, 0.05) is 13.5 Å². The molecule has 1 aliphatic heterocycles. The van der Waals surface area contributed by atoms with Crippen LogP contribution >= 0.6 is 0 Å². The summed E-state index contributed by atoms with van der Waals surface area (Å²) in [6, 6.07) is 0.157. The van der Waals surface area contributed by atoms with Crippen molar-refractivity contribution in [2.45, 2.75) is 45.3 Å². The molecule has 1 aliphatic rings. The summed E-state index contributed by atoms with van der Waals surface area (Å²) in [6.07, 6.45) is 4.29. The molecule has 1 rings (SSSR count).